The van der Waals surface area contributed by atoms with Gasteiger partial charge in [0.05, 0.1) is 11.3 Å². The van der Waals surface area contributed by atoms with Crippen LogP contribution < -0.4 is 5.43 Å². The van der Waals surface area contributed by atoms with Crippen LogP contribution in [-0.2, 0) is 0 Å². The van der Waals surface area contributed by atoms with E-state index in [2.05, 4.69) is 10.5 Å². The number of hydrogen-bond acceptors (Lipinski definition) is 3. The molecule has 1 amide bonds. The highest BCUT2D eigenvalue weighted by Gasteiger charge is 2.29. The summed E-state index contributed by atoms with van der Waals surface area (Å²) in [6.45, 7) is 0. The van der Waals surface area contributed by atoms with Gasteiger partial charge in [-0.05, 0) is 41.5 Å². The molecule has 3 aromatic carbocycles. The molecular formula is C21H13ClN2O3. The summed E-state index contributed by atoms with van der Waals surface area (Å²) in [5.41, 5.74) is 6.44. The predicted molar refractivity (Wildman–Crippen MR) is 103 cm³/mol. The van der Waals surface area contributed by atoms with Gasteiger partial charge in [0.15, 0.2) is 0 Å². The number of carbonyl (C=O) groups excluding carboxylic acids is 1. The lowest BCUT2D eigenvalue weighted by molar-refractivity contribution is 0.0696. The fourth-order valence-corrected chi connectivity index (χ4v) is 3.28. The van der Waals surface area contributed by atoms with E-state index >= 15 is 0 Å². The van der Waals surface area contributed by atoms with Gasteiger partial charge in [0.2, 0.25) is 0 Å². The van der Waals surface area contributed by atoms with E-state index in [9.17, 15) is 14.7 Å². The Morgan fingerprint density at radius 2 is 1.52 bits per heavy atom. The highest BCUT2D eigenvalue weighted by Crippen LogP contribution is 2.38. The Balaban J connectivity index is 1.78. The molecule has 5 nitrogen and oxygen atoms in total. The lowest BCUT2D eigenvalue weighted by Gasteiger charge is -2.07. The third-order valence-corrected chi connectivity index (χ3v) is 4.63. The summed E-state index contributed by atoms with van der Waals surface area (Å²) in [4.78, 5) is 24.1. The Morgan fingerprint density at radius 3 is 2.22 bits per heavy atom. The van der Waals surface area contributed by atoms with Crippen molar-refractivity contribution in [2.45, 2.75) is 0 Å². The van der Waals surface area contributed by atoms with Crippen molar-refractivity contribution in [2.75, 3.05) is 0 Å². The number of carboxylic acids is 1. The van der Waals surface area contributed by atoms with Gasteiger partial charge in [0, 0.05) is 21.7 Å². The van der Waals surface area contributed by atoms with Gasteiger partial charge in [-0.15, -0.1) is 0 Å². The number of halogens is 1. The minimum absolute atomic E-state index is 0.142. The Morgan fingerprint density at radius 1 is 0.852 bits per heavy atom. The molecular weight excluding hydrogens is 364 g/mol. The topological polar surface area (TPSA) is 78.8 Å². The summed E-state index contributed by atoms with van der Waals surface area (Å²) in [5, 5.41) is 14.4. The second-order valence-electron chi connectivity index (χ2n) is 5.99. The largest absolute Gasteiger partial charge is 0.478 e. The van der Waals surface area contributed by atoms with Crippen molar-refractivity contribution in [3.05, 3.63) is 94.0 Å². The van der Waals surface area contributed by atoms with E-state index in [0.717, 1.165) is 16.7 Å². The zero-order chi connectivity index (χ0) is 19.0. The molecule has 0 aliphatic heterocycles. The van der Waals surface area contributed by atoms with Crippen LogP contribution in [0.4, 0.5) is 0 Å². The van der Waals surface area contributed by atoms with Crippen molar-refractivity contribution >= 4 is 29.2 Å². The summed E-state index contributed by atoms with van der Waals surface area (Å²) < 4.78 is 0. The normalized spacial score (nSPS) is 13.1. The Kier molecular flexibility index (Phi) is 4.22. The number of carboxylic acid groups (broad SMARTS) is 1. The second kappa shape index (κ2) is 6.70. The van der Waals surface area contributed by atoms with Crippen LogP contribution in [0, 0.1) is 0 Å². The molecule has 1 aliphatic carbocycles. The average molecular weight is 377 g/mol. The molecule has 4 rings (SSSR count). The molecule has 1 aliphatic rings. The summed E-state index contributed by atoms with van der Waals surface area (Å²) >= 11 is 5.84. The molecule has 0 heterocycles. The van der Waals surface area contributed by atoms with Gasteiger partial charge in [-0.3, -0.25) is 4.79 Å². The average Bonchev–Trinajstić information content (AvgIpc) is 3.00. The number of fused-ring (bicyclic) bond motifs is 3. The third kappa shape index (κ3) is 2.98. The van der Waals surface area contributed by atoms with Gasteiger partial charge >= 0.3 is 5.97 Å². The van der Waals surface area contributed by atoms with Crippen molar-refractivity contribution in [1.29, 1.82) is 0 Å². The molecule has 27 heavy (non-hydrogen) atoms. The van der Waals surface area contributed by atoms with Crippen LogP contribution in [0.1, 0.15) is 31.8 Å². The second-order valence-corrected chi connectivity index (χ2v) is 6.42. The van der Waals surface area contributed by atoms with Crippen LogP contribution >= 0.6 is 11.6 Å². The summed E-state index contributed by atoms with van der Waals surface area (Å²) in [7, 11) is 0. The number of rotatable bonds is 3. The number of nitrogens with zero attached hydrogens (tertiary/aromatic N) is 1. The molecule has 132 valence electrons. The van der Waals surface area contributed by atoms with E-state index < -0.39 is 11.9 Å². The van der Waals surface area contributed by atoms with E-state index in [1.165, 1.54) is 6.07 Å². The van der Waals surface area contributed by atoms with Crippen molar-refractivity contribution in [3.63, 3.8) is 0 Å². The molecule has 0 saturated carbocycles. The summed E-state index contributed by atoms with van der Waals surface area (Å²) in [6, 6.07) is 19.0. The molecule has 0 unspecified atom stereocenters. The fraction of sp³-hybridized carbons (Fsp3) is 0. The first kappa shape index (κ1) is 17.0. The van der Waals surface area contributed by atoms with E-state index in [0.29, 0.717) is 21.9 Å². The maximum atomic E-state index is 12.4. The molecule has 6 heteroatoms. The number of aromatic carboxylic acids is 1. The van der Waals surface area contributed by atoms with Gasteiger partial charge in [-0.25, -0.2) is 10.2 Å². The van der Waals surface area contributed by atoms with Gasteiger partial charge in [-0.1, -0.05) is 48.0 Å². The van der Waals surface area contributed by atoms with Crippen molar-refractivity contribution in [3.8, 4) is 11.1 Å². The maximum Gasteiger partial charge on any atom is 0.336 e. The molecule has 0 aromatic heterocycles. The van der Waals surface area contributed by atoms with Gasteiger partial charge in [0.1, 0.15) is 0 Å². The quantitative estimate of drug-likeness (QED) is 0.526. The number of nitrogens with one attached hydrogen (secondary N) is 1. The monoisotopic (exact) mass is 376 g/mol. The van der Waals surface area contributed by atoms with Gasteiger partial charge in [-0.2, -0.15) is 5.10 Å². The standard InChI is InChI=1S/C21H13ClN2O3/c22-13-10-8-12(9-11-13)20(25)24-23-19-16-5-2-1-4-14(16)15-6-3-7-17(18(15)19)21(26)27/h1-11H,(H,24,25)(H,26,27)/b23-19+. The van der Waals surface area contributed by atoms with Crippen molar-refractivity contribution < 1.29 is 14.7 Å². The Labute approximate surface area is 159 Å². The van der Waals surface area contributed by atoms with E-state index in [1.54, 1.807) is 30.3 Å². The molecule has 0 fully saturated rings. The van der Waals surface area contributed by atoms with Gasteiger partial charge in [0.25, 0.3) is 5.91 Å². The molecule has 0 spiro atoms. The van der Waals surface area contributed by atoms with Crippen molar-refractivity contribution in [2.24, 2.45) is 5.10 Å². The van der Waals surface area contributed by atoms with Crippen LogP contribution in [0.3, 0.4) is 0 Å². The first-order valence-electron chi connectivity index (χ1n) is 8.16. The molecule has 0 saturated heterocycles. The molecule has 3 aromatic rings. The fourth-order valence-electron chi connectivity index (χ4n) is 3.16. The predicted octanol–water partition coefficient (Wildman–Crippen LogP) is 4.20. The van der Waals surface area contributed by atoms with Crippen LogP contribution in [-0.4, -0.2) is 22.7 Å². The minimum atomic E-state index is -1.05. The van der Waals surface area contributed by atoms with E-state index in [1.807, 2.05) is 30.3 Å². The molecule has 0 bridgehead atoms. The highest BCUT2D eigenvalue weighted by molar-refractivity contribution is 6.30. The van der Waals surface area contributed by atoms with E-state index in [4.69, 9.17) is 11.6 Å². The molecule has 0 radical (unpaired) electrons. The first-order valence-corrected chi connectivity index (χ1v) is 8.54. The summed E-state index contributed by atoms with van der Waals surface area (Å²) in [6.07, 6.45) is 0. The number of carbonyl (C=O) groups is 2. The van der Waals surface area contributed by atoms with E-state index in [-0.39, 0.29) is 5.56 Å². The number of hydrazone groups is 1. The van der Waals surface area contributed by atoms with Gasteiger partial charge < -0.3 is 5.11 Å². The SMILES string of the molecule is O=C(N/N=C1\c2ccccc2-c2cccc(C(=O)O)c21)c1ccc(Cl)cc1. The Hall–Kier alpha value is -3.44. The lowest BCUT2D eigenvalue weighted by Crippen LogP contribution is -2.20. The highest BCUT2D eigenvalue weighted by atomic mass is 35.5. The maximum absolute atomic E-state index is 12.4. The molecule has 2 N–H and O–H groups in total. The zero-order valence-corrected chi connectivity index (χ0v) is 14.7. The van der Waals surface area contributed by atoms with Crippen molar-refractivity contribution in [1.82, 2.24) is 5.43 Å². The number of hydrogen-bond donors (Lipinski definition) is 2. The first-order chi connectivity index (χ1) is 13.1. The smallest absolute Gasteiger partial charge is 0.336 e. The summed E-state index contributed by atoms with van der Waals surface area (Å²) in [5.74, 6) is -1.45. The van der Waals surface area contributed by atoms with Crippen LogP contribution in [0.25, 0.3) is 11.1 Å². The number of amides is 1. The van der Waals surface area contributed by atoms with Crippen LogP contribution in [0.5, 0.6) is 0 Å². The van der Waals surface area contributed by atoms with Crippen LogP contribution in [0.2, 0.25) is 5.02 Å². The lowest BCUT2D eigenvalue weighted by atomic mass is 10.0. The third-order valence-electron chi connectivity index (χ3n) is 4.38. The number of benzene rings is 3. The van der Waals surface area contributed by atoms with Crippen LogP contribution in [0.15, 0.2) is 71.8 Å². The zero-order valence-electron chi connectivity index (χ0n) is 13.9. The minimum Gasteiger partial charge on any atom is -0.478 e. The molecule has 0 atom stereocenters. The Bertz CT molecular complexity index is 1100.